The van der Waals surface area contributed by atoms with Gasteiger partial charge in [0, 0.05) is 27.8 Å². The van der Waals surface area contributed by atoms with Gasteiger partial charge in [-0.25, -0.2) is 0 Å². The Labute approximate surface area is 352 Å². The fraction of sp³-hybridized carbons (Fsp3) is 0.0847. The van der Waals surface area contributed by atoms with Crippen LogP contribution in [0.1, 0.15) is 47.6 Å². The first-order valence-corrected chi connectivity index (χ1v) is 21.2. The molecule has 286 valence electrons. The van der Waals surface area contributed by atoms with E-state index in [1.165, 1.54) is 94.1 Å². The van der Waals surface area contributed by atoms with Crippen LogP contribution in [0.3, 0.4) is 0 Å². The van der Waals surface area contributed by atoms with Crippen LogP contribution in [-0.2, 0) is 11.8 Å². The van der Waals surface area contributed by atoms with Gasteiger partial charge < -0.3 is 4.57 Å². The van der Waals surface area contributed by atoms with Crippen LogP contribution >= 0.6 is 0 Å². The summed E-state index contributed by atoms with van der Waals surface area (Å²) in [7, 11) is 0. The van der Waals surface area contributed by atoms with Gasteiger partial charge in [-0.2, -0.15) is 0 Å². The molecule has 0 radical (unpaired) electrons. The van der Waals surface area contributed by atoms with E-state index >= 15 is 0 Å². The van der Waals surface area contributed by atoms with E-state index in [0.717, 1.165) is 12.1 Å². The van der Waals surface area contributed by atoms with Crippen LogP contribution in [0.25, 0.3) is 72.0 Å². The minimum absolute atomic E-state index is 0.0242. The van der Waals surface area contributed by atoms with E-state index in [4.69, 9.17) is 0 Å². The third-order valence-corrected chi connectivity index (χ3v) is 13.0. The van der Waals surface area contributed by atoms with Crippen molar-refractivity contribution in [1.82, 2.24) is 4.57 Å². The number of fused-ring (bicyclic) bond motifs is 6. The second-order valence-corrected chi connectivity index (χ2v) is 16.9. The summed E-state index contributed by atoms with van der Waals surface area (Å²) in [6, 6.07) is 80.9. The Bertz CT molecular complexity index is 3060. The van der Waals surface area contributed by atoms with Gasteiger partial charge in [0.05, 0.1) is 11.0 Å². The zero-order chi connectivity index (χ0) is 40.2. The number of hydrogen-bond acceptors (Lipinski definition) is 0. The van der Waals surface area contributed by atoms with Gasteiger partial charge in [0.25, 0.3) is 0 Å². The van der Waals surface area contributed by atoms with Crippen LogP contribution in [-0.4, -0.2) is 4.57 Å². The first-order chi connectivity index (χ1) is 29.5. The van der Waals surface area contributed by atoms with Crippen LogP contribution in [0.4, 0.5) is 0 Å². The van der Waals surface area contributed by atoms with Crippen LogP contribution in [0, 0.1) is 0 Å². The predicted molar refractivity (Wildman–Crippen MR) is 253 cm³/mol. The quantitative estimate of drug-likeness (QED) is 0.145. The van der Waals surface area contributed by atoms with Crippen molar-refractivity contribution in [1.29, 1.82) is 0 Å². The van der Waals surface area contributed by atoms with Gasteiger partial charge in [0.2, 0.25) is 0 Å². The molecule has 1 aliphatic rings. The van der Waals surface area contributed by atoms with Crippen LogP contribution in [0.5, 0.6) is 0 Å². The summed E-state index contributed by atoms with van der Waals surface area (Å²) in [6.07, 6.45) is 0.887. The summed E-state index contributed by atoms with van der Waals surface area (Å²) in [5.41, 5.74) is 20.4. The lowest BCUT2D eigenvalue weighted by Crippen LogP contribution is -2.15. The van der Waals surface area contributed by atoms with Gasteiger partial charge >= 0.3 is 0 Å². The summed E-state index contributed by atoms with van der Waals surface area (Å²) in [5, 5.41) is 2.52. The number of benzene rings is 9. The van der Waals surface area contributed by atoms with Crippen LogP contribution in [0.2, 0.25) is 0 Å². The lowest BCUT2D eigenvalue weighted by atomic mass is 9.80. The van der Waals surface area contributed by atoms with E-state index in [0.29, 0.717) is 0 Å². The lowest BCUT2D eigenvalue weighted by Gasteiger charge is -2.23. The first-order valence-electron chi connectivity index (χ1n) is 21.2. The highest BCUT2D eigenvalue weighted by Gasteiger charge is 2.35. The molecule has 1 heterocycles. The van der Waals surface area contributed by atoms with Gasteiger partial charge in [-0.1, -0.05) is 208 Å². The topological polar surface area (TPSA) is 4.93 Å². The molecule has 1 unspecified atom stereocenters. The highest BCUT2D eigenvalue weighted by molar-refractivity contribution is 6.11. The van der Waals surface area contributed by atoms with Crippen molar-refractivity contribution < 1.29 is 0 Å². The van der Waals surface area contributed by atoms with E-state index in [1.54, 1.807) is 0 Å². The fourth-order valence-corrected chi connectivity index (χ4v) is 9.86. The molecular weight excluding hydrogens is 723 g/mol. The molecule has 1 aromatic heterocycles. The Balaban J connectivity index is 1.02. The number of nitrogens with zero attached hydrogens (tertiary/aromatic N) is 1. The molecular formula is C59H45N. The Morgan fingerprint density at radius 1 is 0.383 bits per heavy atom. The van der Waals surface area contributed by atoms with Gasteiger partial charge in [-0.05, 0) is 103 Å². The first kappa shape index (κ1) is 35.9. The zero-order valence-electron chi connectivity index (χ0n) is 34.0. The molecule has 0 saturated heterocycles. The summed E-state index contributed by atoms with van der Waals surface area (Å²) in [6.45, 7) is 4.72. The number of hydrogen-bond donors (Lipinski definition) is 0. The smallest absolute Gasteiger partial charge is 0.0547 e. The highest BCUT2D eigenvalue weighted by atomic mass is 15.0. The molecule has 0 fully saturated rings. The molecule has 0 aliphatic heterocycles. The minimum Gasteiger partial charge on any atom is -0.309 e. The summed E-state index contributed by atoms with van der Waals surface area (Å²) < 4.78 is 2.47. The predicted octanol–water partition coefficient (Wildman–Crippen LogP) is 15.5. The van der Waals surface area contributed by atoms with Crippen molar-refractivity contribution in [2.24, 2.45) is 0 Å². The van der Waals surface area contributed by atoms with E-state index in [-0.39, 0.29) is 11.3 Å². The lowest BCUT2D eigenvalue weighted by molar-refractivity contribution is 0.659. The Morgan fingerprint density at radius 3 is 1.43 bits per heavy atom. The van der Waals surface area contributed by atoms with Gasteiger partial charge in [-0.3, -0.25) is 0 Å². The zero-order valence-corrected chi connectivity index (χ0v) is 34.0. The second-order valence-electron chi connectivity index (χ2n) is 16.9. The number of aromatic nitrogens is 1. The molecule has 10 aromatic rings. The summed E-state index contributed by atoms with van der Waals surface area (Å²) >= 11 is 0. The molecule has 0 bridgehead atoms. The van der Waals surface area contributed by atoms with Crippen molar-refractivity contribution >= 4 is 21.8 Å². The second kappa shape index (κ2) is 14.6. The molecule has 9 aromatic carbocycles. The summed E-state index contributed by atoms with van der Waals surface area (Å²) in [5.74, 6) is 0.178. The molecule has 0 saturated carbocycles. The van der Waals surface area contributed by atoms with E-state index in [1.807, 2.05) is 0 Å². The minimum atomic E-state index is -0.0242. The SMILES string of the molecule is CC1(C)c2ccccc2-c2cc(C(Cc3ccc(-n4c5cc(-c6ccccc6)ccc5c5ccc(-c6ccccc6)cc54)cc3)c3ccc(-c4ccccc4)cc3)ccc21. The van der Waals surface area contributed by atoms with Crippen LogP contribution in [0.15, 0.2) is 218 Å². The monoisotopic (exact) mass is 767 g/mol. The maximum Gasteiger partial charge on any atom is 0.0547 e. The molecule has 0 amide bonds. The molecule has 0 spiro atoms. The Hall–Kier alpha value is -7.22. The third kappa shape index (κ3) is 6.17. The van der Waals surface area contributed by atoms with Crippen molar-refractivity contribution in [2.75, 3.05) is 0 Å². The molecule has 11 rings (SSSR count). The van der Waals surface area contributed by atoms with E-state index < -0.39 is 0 Å². The molecule has 60 heavy (non-hydrogen) atoms. The van der Waals surface area contributed by atoms with Gasteiger partial charge in [0.1, 0.15) is 0 Å². The Kier molecular flexibility index (Phi) is 8.71. The largest absolute Gasteiger partial charge is 0.309 e. The maximum atomic E-state index is 2.49. The summed E-state index contributed by atoms with van der Waals surface area (Å²) in [4.78, 5) is 0. The molecule has 1 nitrogen and oxygen atoms in total. The molecule has 0 N–H and O–H groups in total. The third-order valence-electron chi connectivity index (χ3n) is 13.0. The van der Waals surface area contributed by atoms with Gasteiger partial charge in [0.15, 0.2) is 0 Å². The molecule has 1 aliphatic carbocycles. The average Bonchev–Trinajstić information content (AvgIpc) is 3.76. The highest BCUT2D eigenvalue weighted by Crippen LogP contribution is 2.49. The van der Waals surface area contributed by atoms with Crippen molar-refractivity contribution in [2.45, 2.75) is 31.6 Å². The van der Waals surface area contributed by atoms with Crippen molar-refractivity contribution in [3.63, 3.8) is 0 Å². The fourth-order valence-electron chi connectivity index (χ4n) is 9.86. The Morgan fingerprint density at radius 2 is 0.850 bits per heavy atom. The van der Waals surface area contributed by atoms with E-state index in [2.05, 4.69) is 237 Å². The van der Waals surface area contributed by atoms with Crippen molar-refractivity contribution in [3.05, 3.63) is 246 Å². The van der Waals surface area contributed by atoms with Crippen molar-refractivity contribution in [3.8, 4) is 50.2 Å². The number of rotatable bonds is 8. The van der Waals surface area contributed by atoms with Gasteiger partial charge in [-0.15, -0.1) is 0 Å². The molecule has 1 atom stereocenters. The normalized spacial score (nSPS) is 13.3. The molecule has 1 heteroatoms. The van der Waals surface area contributed by atoms with Crippen LogP contribution < -0.4 is 0 Å². The average molecular weight is 768 g/mol. The maximum absolute atomic E-state index is 2.49. The van der Waals surface area contributed by atoms with E-state index in [9.17, 15) is 0 Å². The standard InChI is InChI=1S/C59H45N/c1-59(2)55-21-13-12-20-50(55)54-37-48(30-35-56(54)59)53(45-26-24-44(25-27-45)41-14-6-3-7-15-41)36-40-22-31-49(32-23-40)60-57-38-46(42-16-8-4-9-17-42)28-33-51(57)52-34-29-47(39-58(52)60)43-18-10-5-11-19-43/h3-35,37-39,53H,36H2,1-2H3.